The summed E-state index contributed by atoms with van der Waals surface area (Å²) < 4.78 is 0. The highest BCUT2D eigenvalue weighted by Gasteiger charge is 1.11. The van der Waals surface area contributed by atoms with Crippen LogP contribution in [0.25, 0.3) is 0 Å². The van der Waals surface area contributed by atoms with E-state index in [0.29, 0.717) is 0 Å². The van der Waals surface area contributed by atoms with Crippen molar-refractivity contribution in [3.05, 3.63) is 6.58 Å². The molecule has 0 aromatic rings. The first kappa shape index (κ1) is 4.09. The molecule has 0 saturated carbocycles. The van der Waals surface area contributed by atoms with Crippen LogP contribution in [-0.2, 0) is 21.1 Å². The second-order valence-electron chi connectivity index (χ2n) is 0.228. The summed E-state index contributed by atoms with van der Waals surface area (Å²) in [5.74, 6) is 0. The third kappa shape index (κ3) is 2.09. The zero-order valence-corrected chi connectivity index (χ0v) is 3.66. The van der Waals surface area contributed by atoms with Crippen LogP contribution in [0.3, 0.4) is 0 Å². The van der Waals surface area contributed by atoms with Gasteiger partial charge in [0, 0.05) is 0 Å². The molecule has 0 radical (unpaired) electrons. The Morgan fingerprint density at radius 3 is 2.25 bits per heavy atom. The second-order valence-corrected chi connectivity index (χ2v) is 1.18. The van der Waals surface area contributed by atoms with E-state index in [1.807, 2.05) is 0 Å². The predicted molar refractivity (Wildman–Crippen MR) is 25.4 cm³/mol. The van der Waals surface area contributed by atoms with Gasteiger partial charge in [-0.15, -0.1) is 0 Å². The van der Waals surface area contributed by atoms with Gasteiger partial charge in [-0.1, -0.05) is 5.02 Å². The molecular formula is C2H2S2. The lowest BCUT2D eigenvalue weighted by Gasteiger charge is -1.18. The van der Waals surface area contributed by atoms with Gasteiger partial charge in [0.15, 0.2) is 0 Å². The molecule has 0 saturated heterocycles. The van der Waals surface area contributed by atoms with Gasteiger partial charge in [0.2, 0.25) is 0 Å². The lowest BCUT2D eigenvalue weighted by atomic mass is 11.3. The number of rotatable bonds is 0. The molecule has 0 aromatic carbocycles. The topological polar surface area (TPSA) is 0 Å². The molecular weight excluding hydrogens is 88.2 g/mol. The Balaban J connectivity index is 3.95. The van der Waals surface area contributed by atoms with Crippen LogP contribution in [0.5, 0.6) is 0 Å². The molecule has 0 rings (SSSR count). The minimum absolute atomic E-state index is 1.08. The Labute approximate surface area is 33.4 Å². The lowest BCUT2D eigenvalue weighted by Crippen LogP contribution is -1.24. The summed E-state index contributed by atoms with van der Waals surface area (Å²) in [5.41, 5.74) is 0. The van der Waals surface area contributed by atoms with Crippen molar-refractivity contribution in [2.75, 3.05) is 0 Å². The second kappa shape index (κ2) is 3.09. The number of hydrogen-bond acceptors (Lipinski definition) is 1. The van der Waals surface area contributed by atoms with Gasteiger partial charge >= 0.3 is 0 Å². The highest BCUT2D eigenvalue weighted by Crippen LogP contribution is 1.08. The first-order chi connectivity index (χ1) is 1.91. The van der Waals surface area contributed by atoms with E-state index in [0.717, 1.165) is 9.91 Å². The maximum atomic E-state index is 4.30. The molecule has 0 spiro atoms. The van der Waals surface area contributed by atoms with Gasteiger partial charge in [-0.05, 0) is 27.7 Å². The van der Waals surface area contributed by atoms with E-state index in [1.54, 1.807) is 0 Å². The van der Waals surface area contributed by atoms with Gasteiger partial charge in [0.05, 0.1) is 0 Å². The monoisotopic (exact) mass is 90.0 g/mol. The minimum atomic E-state index is 1.08. The van der Waals surface area contributed by atoms with E-state index in [9.17, 15) is 0 Å². The van der Waals surface area contributed by atoms with E-state index < -0.39 is 0 Å². The zero-order chi connectivity index (χ0) is 3.41. The van der Waals surface area contributed by atoms with Crippen LogP contribution in [0.15, 0.2) is 6.58 Å². The van der Waals surface area contributed by atoms with Crippen molar-refractivity contribution in [1.82, 2.24) is 0 Å². The first-order valence-corrected chi connectivity index (χ1v) is 2.47. The minimum Gasteiger partial charge on any atom is -0.0537 e. The molecule has 0 N–H and O–H groups in total. The average molecular weight is 90.2 g/mol. The zero-order valence-electron chi connectivity index (χ0n) is 2.02. The average Bonchev–Trinajstić information content (AvgIpc) is 1.37. The molecule has 0 unspecified atom stereocenters. The van der Waals surface area contributed by atoms with E-state index in [4.69, 9.17) is 0 Å². The van der Waals surface area contributed by atoms with Crippen LogP contribution in [0.1, 0.15) is 0 Å². The smallest absolute Gasteiger partial charge is 0.00335 e. The normalized spacial score (nSPS) is 4.00. The summed E-state index contributed by atoms with van der Waals surface area (Å²) in [6.45, 7) is 3.21. The Hall–Kier alpha value is 0.0900. The third-order valence-electron chi connectivity index (χ3n) is 0.0589. The molecule has 0 atom stereocenters. The van der Waals surface area contributed by atoms with Gasteiger partial charge in [-0.3, -0.25) is 0 Å². The summed E-state index contributed by atoms with van der Waals surface area (Å²) >= 11 is 4.30. The van der Waals surface area contributed by atoms with Gasteiger partial charge in [-0.25, -0.2) is 0 Å². The van der Waals surface area contributed by atoms with Crippen LogP contribution in [-0.4, -0.2) is 5.02 Å². The van der Waals surface area contributed by atoms with Crippen molar-refractivity contribution >= 4 is 26.1 Å². The van der Waals surface area contributed by atoms with Gasteiger partial charge in [-0.2, -0.15) is 0 Å². The van der Waals surface area contributed by atoms with E-state index in [-0.39, 0.29) is 0 Å². The van der Waals surface area contributed by atoms with Crippen LogP contribution < -0.4 is 0 Å². The van der Waals surface area contributed by atoms with Gasteiger partial charge in [0.1, 0.15) is 0 Å². The molecule has 0 bridgehead atoms. The summed E-state index contributed by atoms with van der Waals surface area (Å²) in [6.07, 6.45) is 0. The maximum Gasteiger partial charge on any atom is -0.00335 e. The van der Waals surface area contributed by atoms with Crippen molar-refractivity contribution in [3.63, 3.8) is 0 Å². The van der Waals surface area contributed by atoms with E-state index in [1.165, 1.54) is 0 Å². The maximum absolute atomic E-state index is 4.30. The molecule has 4 heavy (non-hydrogen) atoms. The standard InChI is InChI=1S/C2H2S2/c1-2-4-3/h1H2. The molecule has 0 fully saturated rings. The molecule has 22 valence electrons. The predicted octanol–water partition coefficient (Wildman–Crippen LogP) is 0.118. The van der Waals surface area contributed by atoms with Crippen molar-refractivity contribution in [2.24, 2.45) is 0 Å². The molecule has 0 aliphatic heterocycles. The Kier molecular flexibility index (Phi) is 3.16. The van der Waals surface area contributed by atoms with E-state index in [2.05, 4.69) is 22.8 Å². The molecule has 0 amide bonds. The van der Waals surface area contributed by atoms with Gasteiger partial charge in [0.25, 0.3) is 0 Å². The Morgan fingerprint density at radius 1 is 2.00 bits per heavy atom. The molecule has 0 aliphatic carbocycles. The summed E-state index contributed by atoms with van der Waals surface area (Å²) in [6, 6.07) is 0. The largest absolute Gasteiger partial charge is 0.0537 e. The molecule has 2 heteroatoms. The fraction of sp³-hybridized carbons (Fsp3) is 0. The first-order valence-electron chi connectivity index (χ1n) is 0.724. The Morgan fingerprint density at radius 2 is 2.25 bits per heavy atom. The van der Waals surface area contributed by atoms with Crippen molar-refractivity contribution in [3.8, 4) is 0 Å². The van der Waals surface area contributed by atoms with Crippen LogP contribution in [0, 0.1) is 0 Å². The SMILES string of the molecule is C=C=S=S. The van der Waals surface area contributed by atoms with Crippen LogP contribution in [0.2, 0.25) is 0 Å². The van der Waals surface area contributed by atoms with Gasteiger partial charge < -0.3 is 0 Å². The fourth-order valence-corrected chi connectivity index (χ4v) is 0. The highest BCUT2D eigenvalue weighted by molar-refractivity contribution is 8.16. The van der Waals surface area contributed by atoms with Crippen LogP contribution >= 0.6 is 0 Å². The lowest BCUT2D eigenvalue weighted by molar-refractivity contribution is 3.21. The summed E-state index contributed by atoms with van der Waals surface area (Å²) in [5, 5.41) is 2.41. The quantitative estimate of drug-likeness (QED) is 0.381. The van der Waals surface area contributed by atoms with Crippen molar-refractivity contribution in [2.45, 2.75) is 0 Å². The van der Waals surface area contributed by atoms with Crippen molar-refractivity contribution in [1.29, 1.82) is 0 Å². The summed E-state index contributed by atoms with van der Waals surface area (Å²) in [4.78, 5) is 0. The molecule has 0 heterocycles. The molecule has 0 nitrogen and oxygen atoms in total. The number of hydrogen-bond donors (Lipinski definition) is 0. The fourth-order valence-electron chi connectivity index (χ4n) is 0. The summed E-state index contributed by atoms with van der Waals surface area (Å²) in [7, 11) is 1.08. The molecule has 0 aliphatic rings. The van der Waals surface area contributed by atoms with E-state index >= 15 is 0 Å². The van der Waals surface area contributed by atoms with Crippen molar-refractivity contribution < 1.29 is 0 Å². The van der Waals surface area contributed by atoms with Crippen LogP contribution in [0.4, 0.5) is 0 Å². The Bertz CT molecular complexity index is 54.1. The highest BCUT2D eigenvalue weighted by atomic mass is 32.8. The molecule has 0 aromatic heterocycles. The third-order valence-corrected chi connectivity index (χ3v) is 0.530.